The van der Waals surface area contributed by atoms with Gasteiger partial charge in [0.15, 0.2) is 0 Å². The van der Waals surface area contributed by atoms with E-state index in [2.05, 4.69) is 19.2 Å². The predicted molar refractivity (Wildman–Crippen MR) is 123 cm³/mol. The van der Waals surface area contributed by atoms with E-state index in [4.69, 9.17) is 4.74 Å². The summed E-state index contributed by atoms with van der Waals surface area (Å²) >= 11 is 0. The van der Waals surface area contributed by atoms with Gasteiger partial charge in [0.1, 0.15) is 5.75 Å². The Labute approximate surface area is 185 Å². The molecule has 0 aromatic heterocycles. The van der Waals surface area contributed by atoms with Crippen LogP contribution >= 0.6 is 0 Å². The number of sulfonamides is 1. The maximum Gasteiger partial charge on any atom is 0.251 e. The predicted octanol–water partition coefficient (Wildman–Crippen LogP) is 4.14. The second kappa shape index (κ2) is 10.3. The van der Waals surface area contributed by atoms with Gasteiger partial charge in [-0.25, -0.2) is 12.7 Å². The van der Waals surface area contributed by atoms with Crippen LogP contribution in [0.4, 0.5) is 0 Å². The van der Waals surface area contributed by atoms with E-state index in [1.54, 1.807) is 35.7 Å². The third-order valence-corrected chi connectivity index (χ3v) is 7.40. The summed E-state index contributed by atoms with van der Waals surface area (Å²) in [6.07, 6.45) is 2.65. The van der Waals surface area contributed by atoms with Gasteiger partial charge in [0.05, 0.1) is 18.9 Å². The van der Waals surface area contributed by atoms with Crippen LogP contribution in [-0.4, -0.2) is 38.8 Å². The third kappa shape index (κ3) is 6.31. The summed E-state index contributed by atoms with van der Waals surface area (Å²) in [6, 6.07) is 14.5. The zero-order valence-electron chi connectivity index (χ0n) is 18.5. The van der Waals surface area contributed by atoms with Crippen LogP contribution in [-0.2, 0) is 15.8 Å². The van der Waals surface area contributed by atoms with Crippen LogP contribution in [0, 0.1) is 5.92 Å². The number of hydrogen-bond donors (Lipinski definition) is 1. The van der Waals surface area contributed by atoms with Crippen LogP contribution in [0.5, 0.6) is 5.75 Å². The number of rotatable bonds is 9. The lowest BCUT2D eigenvalue weighted by molar-refractivity contribution is 0.0932. The van der Waals surface area contributed by atoms with Crippen molar-refractivity contribution in [2.24, 2.45) is 5.92 Å². The Morgan fingerprint density at radius 3 is 2.19 bits per heavy atom. The van der Waals surface area contributed by atoms with Gasteiger partial charge in [-0.1, -0.05) is 38.1 Å². The van der Waals surface area contributed by atoms with Crippen molar-refractivity contribution in [2.45, 2.75) is 44.9 Å². The van der Waals surface area contributed by atoms with E-state index >= 15 is 0 Å². The van der Waals surface area contributed by atoms with Crippen molar-refractivity contribution in [2.75, 3.05) is 20.2 Å². The SMILES string of the molecule is COc1ccc(C(CC(C)C)NC(=O)c2ccc(CS(=O)(=O)N3CCCC3)cc2)cc1. The van der Waals surface area contributed by atoms with Crippen molar-refractivity contribution >= 4 is 15.9 Å². The lowest BCUT2D eigenvalue weighted by atomic mass is 9.96. The zero-order chi connectivity index (χ0) is 22.4. The number of benzene rings is 2. The summed E-state index contributed by atoms with van der Waals surface area (Å²) in [5, 5.41) is 3.12. The van der Waals surface area contributed by atoms with Crippen LogP contribution < -0.4 is 10.1 Å². The minimum Gasteiger partial charge on any atom is -0.497 e. The summed E-state index contributed by atoms with van der Waals surface area (Å²) in [5.41, 5.74) is 2.23. The molecule has 0 radical (unpaired) electrons. The maximum absolute atomic E-state index is 12.9. The highest BCUT2D eigenvalue weighted by Crippen LogP contribution is 2.24. The standard InChI is InChI=1S/C24H32N2O4S/c1-18(2)16-23(20-10-12-22(30-3)13-11-20)25-24(27)21-8-6-19(7-9-21)17-31(28,29)26-14-4-5-15-26/h6-13,18,23H,4-5,14-17H2,1-3H3,(H,25,27). The molecule has 2 aromatic carbocycles. The molecule has 2 aromatic rings. The Hall–Kier alpha value is -2.38. The molecule has 168 valence electrons. The van der Waals surface area contributed by atoms with Crippen molar-refractivity contribution in [3.05, 3.63) is 65.2 Å². The number of carbonyl (C=O) groups excluding carboxylic acids is 1. The summed E-state index contributed by atoms with van der Waals surface area (Å²) in [7, 11) is -1.67. The molecular weight excluding hydrogens is 412 g/mol. The van der Waals surface area contributed by atoms with Gasteiger partial charge in [-0.2, -0.15) is 0 Å². The fraction of sp³-hybridized carbons (Fsp3) is 0.458. The average molecular weight is 445 g/mol. The van der Waals surface area contributed by atoms with Crippen LogP contribution in [0.25, 0.3) is 0 Å². The first kappa shape index (κ1) is 23.3. The van der Waals surface area contributed by atoms with E-state index in [1.807, 2.05) is 24.3 Å². The van der Waals surface area contributed by atoms with E-state index in [9.17, 15) is 13.2 Å². The fourth-order valence-electron chi connectivity index (χ4n) is 3.85. The van der Waals surface area contributed by atoms with E-state index in [-0.39, 0.29) is 17.7 Å². The Morgan fingerprint density at radius 1 is 1.03 bits per heavy atom. The quantitative estimate of drug-likeness (QED) is 0.631. The molecule has 3 rings (SSSR count). The van der Waals surface area contributed by atoms with E-state index < -0.39 is 10.0 Å². The van der Waals surface area contributed by atoms with E-state index in [0.29, 0.717) is 30.1 Å². The Bertz CT molecular complexity index is 964. The monoisotopic (exact) mass is 444 g/mol. The summed E-state index contributed by atoms with van der Waals surface area (Å²) in [5.74, 6) is 0.982. The Balaban J connectivity index is 1.68. The van der Waals surface area contributed by atoms with Gasteiger partial charge in [0.25, 0.3) is 5.91 Å². The largest absolute Gasteiger partial charge is 0.497 e. The molecule has 1 fully saturated rings. The van der Waals surface area contributed by atoms with Crippen molar-refractivity contribution in [3.63, 3.8) is 0 Å². The number of hydrogen-bond acceptors (Lipinski definition) is 4. The number of nitrogens with zero attached hydrogens (tertiary/aromatic N) is 1. The first-order valence-corrected chi connectivity index (χ1v) is 12.4. The Kier molecular flexibility index (Phi) is 7.73. The molecule has 1 heterocycles. The van der Waals surface area contributed by atoms with Gasteiger partial charge in [-0.3, -0.25) is 4.79 Å². The number of ether oxygens (including phenoxy) is 1. The summed E-state index contributed by atoms with van der Waals surface area (Å²) in [4.78, 5) is 12.9. The topological polar surface area (TPSA) is 75.7 Å². The van der Waals surface area contributed by atoms with Gasteiger partial charge in [0, 0.05) is 18.7 Å². The first-order valence-electron chi connectivity index (χ1n) is 10.8. The molecule has 1 aliphatic rings. The van der Waals surface area contributed by atoms with Crippen LogP contribution in [0.2, 0.25) is 0 Å². The van der Waals surface area contributed by atoms with Crippen molar-refractivity contribution in [1.29, 1.82) is 0 Å². The fourth-order valence-corrected chi connectivity index (χ4v) is 5.46. The average Bonchev–Trinajstić information content (AvgIpc) is 3.29. The second-order valence-corrected chi connectivity index (χ2v) is 10.5. The van der Waals surface area contributed by atoms with Gasteiger partial charge in [-0.15, -0.1) is 0 Å². The molecule has 0 spiro atoms. The van der Waals surface area contributed by atoms with Crippen LogP contribution in [0.3, 0.4) is 0 Å². The number of methoxy groups -OCH3 is 1. The maximum atomic E-state index is 12.9. The summed E-state index contributed by atoms with van der Waals surface area (Å²) < 4.78 is 31.8. The molecule has 1 atom stereocenters. The molecular formula is C24H32N2O4S. The molecule has 1 amide bonds. The van der Waals surface area contributed by atoms with Gasteiger partial charge in [-0.05, 0) is 60.6 Å². The highest BCUT2D eigenvalue weighted by Gasteiger charge is 2.25. The number of nitrogens with one attached hydrogen (secondary N) is 1. The molecule has 7 heteroatoms. The minimum absolute atomic E-state index is 0.0310. The van der Waals surface area contributed by atoms with E-state index in [1.165, 1.54) is 0 Å². The van der Waals surface area contributed by atoms with Crippen LogP contribution in [0.1, 0.15) is 60.6 Å². The highest BCUT2D eigenvalue weighted by molar-refractivity contribution is 7.88. The molecule has 31 heavy (non-hydrogen) atoms. The molecule has 0 bridgehead atoms. The smallest absolute Gasteiger partial charge is 0.251 e. The van der Waals surface area contributed by atoms with Gasteiger partial charge < -0.3 is 10.1 Å². The molecule has 1 unspecified atom stereocenters. The molecule has 0 aliphatic carbocycles. The number of amides is 1. The van der Waals surface area contributed by atoms with Crippen molar-refractivity contribution in [3.8, 4) is 5.75 Å². The Morgan fingerprint density at radius 2 is 1.65 bits per heavy atom. The third-order valence-electron chi connectivity index (χ3n) is 5.55. The van der Waals surface area contributed by atoms with Crippen molar-refractivity contribution in [1.82, 2.24) is 9.62 Å². The molecule has 6 nitrogen and oxygen atoms in total. The van der Waals surface area contributed by atoms with Crippen molar-refractivity contribution < 1.29 is 17.9 Å². The minimum atomic E-state index is -3.30. The molecule has 1 N–H and O–H groups in total. The summed E-state index contributed by atoms with van der Waals surface area (Å²) in [6.45, 7) is 5.45. The van der Waals surface area contributed by atoms with Gasteiger partial charge in [0.2, 0.25) is 10.0 Å². The molecule has 1 saturated heterocycles. The molecule has 1 aliphatic heterocycles. The lowest BCUT2D eigenvalue weighted by Gasteiger charge is -2.21. The lowest BCUT2D eigenvalue weighted by Crippen LogP contribution is -2.30. The first-order chi connectivity index (χ1) is 14.8. The zero-order valence-corrected chi connectivity index (χ0v) is 19.3. The molecule has 0 saturated carbocycles. The highest BCUT2D eigenvalue weighted by atomic mass is 32.2. The van der Waals surface area contributed by atoms with Gasteiger partial charge >= 0.3 is 0 Å². The normalized spacial score (nSPS) is 15.7. The number of carbonyl (C=O) groups is 1. The van der Waals surface area contributed by atoms with Crippen LogP contribution in [0.15, 0.2) is 48.5 Å². The second-order valence-electron chi connectivity index (χ2n) is 8.49. The van der Waals surface area contributed by atoms with E-state index in [0.717, 1.165) is 30.6 Å².